The van der Waals surface area contributed by atoms with Gasteiger partial charge in [0.25, 0.3) is 0 Å². The average molecular weight is 269 g/mol. The van der Waals surface area contributed by atoms with Crippen LogP contribution in [-0.4, -0.2) is 47.8 Å². The van der Waals surface area contributed by atoms with Crippen LogP contribution in [0, 0.1) is 11.8 Å². The van der Waals surface area contributed by atoms with Crippen molar-refractivity contribution < 1.29 is 9.90 Å². The summed E-state index contributed by atoms with van der Waals surface area (Å²) in [4.78, 5) is 13.1. The third-order valence-corrected chi connectivity index (χ3v) is 4.68. The fraction of sp³-hybridized carbons (Fsp3) is 0.929. The molecule has 1 aliphatic heterocycles. The zero-order valence-corrected chi connectivity index (χ0v) is 11.8. The molecule has 19 heavy (non-hydrogen) atoms. The Morgan fingerprint density at radius 2 is 2.21 bits per heavy atom. The molecule has 0 spiro atoms. The molecule has 5 heteroatoms. The lowest BCUT2D eigenvalue weighted by Crippen LogP contribution is -2.55. The van der Waals surface area contributed by atoms with Crippen molar-refractivity contribution in [3.05, 3.63) is 0 Å². The minimum atomic E-state index is -0.372. The first-order chi connectivity index (χ1) is 9.10. The van der Waals surface area contributed by atoms with Crippen LogP contribution in [0.1, 0.15) is 39.0 Å². The van der Waals surface area contributed by atoms with Crippen LogP contribution in [0.25, 0.3) is 0 Å². The second kappa shape index (κ2) is 6.57. The fourth-order valence-corrected chi connectivity index (χ4v) is 3.11. The molecule has 2 amide bonds. The molecule has 1 saturated heterocycles. The topological polar surface area (TPSA) is 78.6 Å². The van der Waals surface area contributed by atoms with Crippen LogP contribution in [0.15, 0.2) is 0 Å². The summed E-state index contributed by atoms with van der Waals surface area (Å²) in [6, 6.07) is -0.100. The number of primary amides is 1. The summed E-state index contributed by atoms with van der Waals surface area (Å²) < 4.78 is 0. The molecule has 5 nitrogen and oxygen atoms in total. The molecule has 0 aromatic carbocycles. The maximum absolute atomic E-state index is 11.4. The van der Waals surface area contributed by atoms with Gasteiger partial charge < -0.3 is 21.1 Å². The normalized spacial score (nSPS) is 29.9. The van der Waals surface area contributed by atoms with Crippen molar-refractivity contribution in [2.45, 2.75) is 51.2 Å². The third-order valence-electron chi connectivity index (χ3n) is 4.68. The molecule has 4 N–H and O–H groups in total. The maximum atomic E-state index is 11.4. The lowest BCUT2D eigenvalue weighted by molar-refractivity contribution is 0.0474. The zero-order valence-electron chi connectivity index (χ0n) is 11.8. The van der Waals surface area contributed by atoms with Gasteiger partial charge in [-0.25, -0.2) is 4.79 Å². The highest BCUT2D eigenvalue weighted by Gasteiger charge is 2.32. The van der Waals surface area contributed by atoms with Crippen LogP contribution in [0.5, 0.6) is 0 Å². The van der Waals surface area contributed by atoms with Crippen LogP contribution in [0.4, 0.5) is 4.79 Å². The molecule has 0 aromatic rings. The van der Waals surface area contributed by atoms with Gasteiger partial charge >= 0.3 is 6.03 Å². The second-order valence-electron chi connectivity index (χ2n) is 6.12. The third kappa shape index (κ3) is 3.83. The summed E-state index contributed by atoms with van der Waals surface area (Å²) in [6.07, 6.45) is 5.32. The van der Waals surface area contributed by atoms with E-state index in [0.717, 1.165) is 25.3 Å². The number of aliphatic hydroxyl groups excluding tert-OH is 1. The van der Waals surface area contributed by atoms with Gasteiger partial charge in [-0.3, -0.25) is 0 Å². The standard InChI is InChI=1S/C14H27N3O2/c1-2-13(18)11-6-12(9-17(8-11)14(15)19)16-7-10-4-3-5-10/h10-13,16,18H,2-9H2,1H3,(H2,15,19). The number of likely N-dealkylation sites (tertiary alicyclic amines) is 1. The van der Waals surface area contributed by atoms with Crippen molar-refractivity contribution in [1.29, 1.82) is 0 Å². The van der Waals surface area contributed by atoms with Gasteiger partial charge in [0.15, 0.2) is 0 Å². The van der Waals surface area contributed by atoms with E-state index >= 15 is 0 Å². The number of nitrogens with zero attached hydrogens (tertiary/aromatic N) is 1. The van der Waals surface area contributed by atoms with Gasteiger partial charge in [-0.1, -0.05) is 13.3 Å². The SMILES string of the molecule is CCC(O)C1CC(NCC2CCC2)CN(C(N)=O)C1. The summed E-state index contributed by atoms with van der Waals surface area (Å²) in [6.45, 7) is 4.28. The predicted octanol–water partition coefficient (Wildman–Crippen LogP) is 0.916. The highest BCUT2D eigenvalue weighted by atomic mass is 16.3. The molecule has 0 aromatic heterocycles. The Bertz CT molecular complexity index is 307. The number of amides is 2. The number of carbonyl (C=O) groups excluding carboxylic acids is 1. The monoisotopic (exact) mass is 269 g/mol. The highest BCUT2D eigenvalue weighted by molar-refractivity contribution is 5.72. The van der Waals surface area contributed by atoms with E-state index in [1.807, 2.05) is 6.92 Å². The lowest BCUT2D eigenvalue weighted by Gasteiger charge is -2.40. The Kier molecular flexibility index (Phi) is 5.05. The van der Waals surface area contributed by atoms with Crippen LogP contribution < -0.4 is 11.1 Å². The summed E-state index contributed by atoms with van der Waals surface area (Å²) in [7, 11) is 0. The Labute approximate surface area is 115 Å². The predicted molar refractivity (Wildman–Crippen MR) is 74.7 cm³/mol. The number of carbonyl (C=O) groups is 1. The first-order valence-corrected chi connectivity index (χ1v) is 7.56. The first kappa shape index (κ1) is 14.6. The molecule has 3 atom stereocenters. The number of nitrogens with two attached hydrogens (primary N) is 1. The summed E-state index contributed by atoms with van der Waals surface area (Å²) >= 11 is 0. The Hall–Kier alpha value is -0.810. The van der Waals surface area contributed by atoms with Crippen molar-refractivity contribution in [2.75, 3.05) is 19.6 Å². The van der Waals surface area contributed by atoms with Crippen molar-refractivity contribution in [2.24, 2.45) is 17.6 Å². The van der Waals surface area contributed by atoms with Crippen molar-refractivity contribution in [3.8, 4) is 0 Å². The first-order valence-electron chi connectivity index (χ1n) is 7.56. The maximum Gasteiger partial charge on any atom is 0.314 e. The number of hydrogen-bond acceptors (Lipinski definition) is 3. The van der Waals surface area contributed by atoms with Gasteiger partial charge in [0.1, 0.15) is 0 Å². The van der Waals surface area contributed by atoms with E-state index in [9.17, 15) is 9.90 Å². The smallest absolute Gasteiger partial charge is 0.314 e. The summed E-state index contributed by atoms with van der Waals surface area (Å²) in [5.74, 6) is 0.948. The minimum absolute atomic E-state index is 0.144. The number of hydrogen-bond donors (Lipinski definition) is 3. The Morgan fingerprint density at radius 3 is 2.74 bits per heavy atom. The molecule has 110 valence electrons. The highest BCUT2D eigenvalue weighted by Crippen LogP contribution is 2.26. The molecule has 0 bridgehead atoms. The van der Waals surface area contributed by atoms with E-state index in [4.69, 9.17) is 5.73 Å². The quantitative estimate of drug-likeness (QED) is 0.694. The Balaban J connectivity index is 1.87. The summed E-state index contributed by atoms with van der Waals surface area (Å²) in [5.41, 5.74) is 5.40. The lowest BCUT2D eigenvalue weighted by atomic mass is 9.84. The number of urea groups is 1. The van der Waals surface area contributed by atoms with Crippen molar-refractivity contribution in [1.82, 2.24) is 10.2 Å². The van der Waals surface area contributed by atoms with Gasteiger partial charge in [-0.2, -0.15) is 0 Å². The molecule has 3 unspecified atom stereocenters. The fourth-order valence-electron chi connectivity index (χ4n) is 3.11. The van der Waals surface area contributed by atoms with E-state index in [-0.39, 0.29) is 24.1 Å². The molecule has 2 rings (SSSR count). The van der Waals surface area contributed by atoms with E-state index < -0.39 is 0 Å². The Morgan fingerprint density at radius 1 is 1.47 bits per heavy atom. The van der Waals surface area contributed by atoms with Gasteiger partial charge in [0.2, 0.25) is 0 Å². The van der Waals surface area contributed by atoms with E-state index in [0.29, 0.717) is 13.1 Å². The van der Waals surface area contributed by atoms with Gasteiger partial charge in [-0.15, -0.1) is 0 Å². The van der Waals surface area contributed by atoms with Crippen LogP contribution in [0.3, 0.4) is 0 Å². The summed E-state index contributed by atoms with van der Waals surface area (Å²) in [5, 5.41) is 13.6. The van der Waals surface area contributed by atoms with Crippen molar-refractivity contribution in [3.63, 3.8) is 0 Å². The van der Waals surface area contributed by atoms with Crippen LogP contribution >= 0.6 is 0 Å². The van der Waals surface area contributed by atoms with Crippen molar-refractivity contribution >= 4 is 6.03 Å². The number of aliphatic hydroxyl groups is 1. The van der Waals surface area contributed by atoms with E-state index in [1.165, 1.54) is 19.3 Å². The molecule has 2 fully saturated rings. The molecule has 2 aliphatic rings. The molecule has 0 radical (unpaired) electrons. The van der Waals surface area contributed by atoms with E-state index in [2.05, 4.69) is 5.32 Å². The van der Waals surface area contributed by atoms with Gasteiger partial charge in [-0.05, 0) is 38.1 Å². The number of nitrogens with one attached hydrogen (secondary N) is 1. The zero-order chi connectivity index (χ0) is 13.8. The van der Waals surface area contributed by atoms with Gasteiger partial charge in [0, 0.05) is 25.0 Å². The molecular weight excluding hydrogens is 242 g/mol. The average Bonchev–Trinajstić information content (AvgIpc) is 2.35. The van der Waals surface area contributed by atoms with Gasteiger partial charge in [0.05, 0.1) is 6.10 Å². The molecular formula is C14H27N3O2. The van der Waals surface area contributed by atoms with Crippen LogP contribution in [-0.2, 0) is 0 Å². The largest absolute Gasteiger partial charge is 0.393 e. The molecule has 1 aliphatic carbocycles. The number of piperidine rings is 1. The minimum Gasteiger partial charge on any atom is -0.393 e. The van der Waals surface area contributed by atoms with E-state index in [1.54, 1.807) is 4.90 Å². The molecule has 1 saturated carbocycles. The second-order valence-corrected chi connectivity index (χ2v) is 6.12. The number of rotatable bonds is 5. The van der Waals surface area contributed by atoms with Crippen LogP contribution in [0.2, 0.25) is 0 Å². The molecule has 1 heterocycles.